The molecule has 3 aromatic rings. The summed E-state index contributed by atoms with van der Waals surface area (Å²) >= 11 is 5.94. The molecule has 0 unspecified atom stereocenters. The molecule has 28 heavy (non-hydrogen) atoms. The lowest BCUT2D eigenvalue weighted by atomic mass is 10.1. The van der Waals surface area contributed by atoms with Gasteiger partial charge in [-0.05, 0) is 24.3 Å². The van der Waals surface area contributed by atoms with Crippen LogP contribution in [0.4, 0.5) is 13.2 Å². The van der Waals surface area contributed by atoms with Crippen molar-refractivity contribution >= 4 is 11.6 Å². The van der Waals surface area contributed by atoms with Crippen LogP contribution in [0.3, 0.4) is 0 Å². The first-order chi connectivity index (χ1) is 13.4. The number of aromatic nitrogens is 3. The minimum atomic E-state index is -4.52. The van der Waals surface area contributed by atoms with Gasteiger partial charge in [0.25, 0.3) is 0 Å². The largest absolute Gasteiger partial charge is 0.451 e. The zero-order valence-corrected chi connectivity index (χ0v) is 15.5. The zero-order valence-electron chi connectivity index (χ0n) is 14.7. The van der Waals surface area contributed by atoms with Crippen molar-refractivity contribution in [3.05, 3.63) is 76.5 Å². The fourth-order valence-electron chi connectivity index (χ4n) is 3.22. The Kier molecular flexibility index (Phi) is 5.03. The van der Waals surface area contributed by atoms with Crippen molar-refractivity contribution in [2.75, 3.05) is 6.54 Å². The molecule has 2 aromatic heterocycles. The Labute approximate surface area is 165 Å². The molecule has 0 saturated heterocycles. The fraction of sp³-hybridized carbons (Fsp3) is 0.250. The van der Waals surface area contributed by atoms with Crippen LogP contribution in [0, 0.1) is 0 Å². The standard InChI is InChI=1S/C20H16ClF3N4/c21-15-6-4-13(5-7-15)17-3-1-2-16(26-17)12-28-9-8-18-14(11-28)10-25-19(27-18)20(22,23)24/h1-7,10H,8-9,11-12H2. The maximum absolute atomic E-state index is 12.8. The van der Waals surface area contributed by atoms with Crippen molar-refractivity contribution in [1.82, 2.24) is 19.9 Å². The molecule has 1 aromatic carbocycles. The lowest BCUT2D eigenvalue weighted by molar-refractivity contribution is -0.145. The lowest BCUT2D eigenvalue weighted by Gasteiger charge is -2.27. The van der Waals surface area contributed by atoms with E-state index in [0.29, 0.717) is 36.8 Å². The summed E-state index contributed by atoms with van der Waals surface area (Å²) in [5, 5.41) is 0.669. The van der Waals surface area contributed by atoms with Crippen LogP contribution < -0.4 is 0 Å². The smallest absolute Gasteiger partial charge is 0.293 e. The molecule has 3 heterocycles. The highest BCUT2D eigenvalue weighted by molar-refractivity contribution is 6.30. The van der Waals surface area contributed by atoms with Crippen LogP contribution >= 0.6 is 11.6 Å². The summed E-state index contributed by atoms with van der Waals surface area (Å²) in [6, 6.07) is 13.3. The first-order valence-electron chi connectivity index (χ1n) is 8.75. The quantitative estimate of drug-likeness (QED) is 0.630. The molecule has 8 heteroatoms. The van der Waals surface area contributed by atoms with E-state index in [1.165, 1.54) is 6.20 Å². The highest BCUT2D eigenvalue weighted by Gasteiger charge is 2.35. The van der Waals surface area contributed by atoms with E-state index in [1.807, 2.05) is 42.5 Å². The van der Waals surface area contributed by atoms with Crippen LogP contribution in [0.25, 0.3) is 11.3 Å². The fourth-order valence-corrected chi connectivity index (χ4v) is 3.35. The van der Waals surface area contributed by atoms with Crippen molar-refractivity contribution < 1.29 is 13.2 Å². The van der Waals surface area contributed by atoms with Gasteiger partial charge in [-0.25, -0.2) is 9.97 Å². The topological polar surface area (TPSA) is 41.9 Å². The van der Waals surface area contributed by atoms with Crippen LogP contribution in [0.15, 0.2) is 48.7 Å². The first kappa shape index (κ1) is 18.8. The van der Waals surface area contributed by atoms with Crippen LogP contribution in [0.5, 0.6) is 0 Å². The molecule has 0 fully saturated rings. The molecule has 0 saturated carbocycles. The predicted octanol–water partition coefficient (Wildman–Crippen LogP) is 4.77. The third-order valence-corrected chi connectivity index (χ3v) is 4.85. The van der Waals surface area contributed by atoms with E-state index in [-0.39, 0.29) is 0 Å². The van der Waals surface area contributed by atoms with Crippen molar-refractivity contribution in [2.24, 2.45) is 0 Å². The molecule has 0 amide bonds. The summed E-state index contributed by atoms with van der Waals surface area (Å²) in [6.45, 7) is 1.72. The van der Waals surface area contributed by atoms with Crippen LogP contribution in [0.1, 0.15) is 22.8 Å². The summed E-state index contributed by atoms with van der Waals surface area (Å²) in [6.07, 6.45) is -2.77. The second-order valence-corrected chi connectivity index (χ2v) is 7.08. The maximum Gasteiger partial charge on any atom is 0.451 e. The molecule has 144 valence electrons. The molecule has 1 aliphatic rings. The van der Waals surface area contributed by atoms with Crippen LogP contribution in [-0.2, 0) is 25.7 Å². The molecule has 1 aliphatic heterocycles. The second kappa shape index (κ2) is 7.48. The first-order valence-corrected chi connectivity index (χ1v) is 9.12. The second-order valence-electron chi connectivity index (χ2n) is 6.65. The van der Waals surface area contributed by atoms with E-state index in [2.05, 4.69) is 14.9 Å². The van der Waals surface area contributed by atoms with Gasteiger partial charge in [0.1, 0.15) is 0 Å². The van der Waals surface area contributed by atoms with E-state index in [1.54, 1.807) is 0 Å². The van der Waals surface area contributed by atoms with Crippen molar-refractivity contribution in [2.45, 2.75) is 25.7 Å². The summed E-state index contributed by atoms with van der Waals surface area (Å²) in [4.78, 5) is 14.0. The van der Waals surface area contributed by atoms with Crippen molar-refractivity contribution in [1.29, 1.82) is 0 Å². The summed E-state index contributed by atoms with van der Waals surface area (Å²) in [5.74, 6) is -1.07. The summed E-state index contributed by atoms with van der Waals surface area (Å²) in [5.41, 5.74) is 3.92. The number of hydrogen-bond donors (Lipinski definition) is 0. The van der Waals surface area contributed by atoms with Gasteiger partial charge >= 0.3 is 6.18 Å². The Bertz CT molecular complexity index is 989. The van der Waals surface area contributed by atoms with E-state index in [4.69, 9.17) is 16.6 Å². The minimum Gasteiger partial charge on any atom is -0.293 e. The predicted molar refractivity (Wildman–Crippen MR) is 99.5 cm³/mol. The highest BCUT2D eigenvalue weighted by atomic mass is 35.5. The lowest BCUT2D eigenvalue weighted by Crippen LogP contribution is -2.32. The van der Waals surface area contributed by atoms with E-state index in [9.17, 15) is 13.2 Å². The Balaban J connectivity index is 1.49. The van der Waals surface area contributed by atoms with Crippen LogP contribution in [0.2, 0.25) is 5.02 Å². The molecule has 0 radical (unpaired) electrons. The van der Waals surface area contributed by atoms with Gasteiger partial charge in [-0.2, -0.15) is 13.2 Å². The number of pyridine rings is 1. The number of nitrogens with zero attached hydrogens (tertiary/aromatic N) is 4. The molecule has 0 N–H and O–H groups in total. The molecule has 0 aliphatic carbocycles. The molecular formula is C20H16ClF3N4. The zero-order chi connectivity index (χ0) is 19.7. The summed E-state index contributed by atoms with van der Waals surface area (Å²) in [7, 11) is 0. The molecule has 0 spiro atoms. The third kappa shape index (κ3) is 4.15. The van der Waals surface area contributed by atoms with Gasteiger partial charge in [-0.15, -0.1) is 0 Å². The maximum atomic E-state index is 12.8. The Morgan fingerprint density at radius 1 is 1.04 bits per heavy atom. The molecular weight excluding hydrogens is 389 g/mol. The van der Waals surface area contributed by atoms with Gasteiger partial charge in [0, 0.05) is 48.4 Å². The molecule has 4 rings (SSSR count). The number of hydrogen-bond acceptors (Lipinski definition) is 4. The van der Waals surface area contributed by atoms with Gasteiger partial charge in [-0.1, -0.05) is 29.8 Å². The van der Waals surface area contributed by atoms with E-state index < -0.39 is 12.0 Å². The Morgan fingerprint density at radius 3 is 2.57 bits per heavy atom. The van der Waals surface area contributed by atoms with Crippen molar-refractivity contribution in [3.63, 3.8) is 0 Å². The average Bonchev–Trinajstić information content (AvgIpc) is 2.67. The van der Waals surface area contributed by atoms with Crippen molar-refractivity contribution in [3.8, 4) is 11.3 Å². The SMILES string of the molecule is FC(F)(F)c1ncc2c(n1)CCN(Cc1cccc(-c3ccc(Cl)cc3)n1)C2. The molecule has 4 nitrogen and oxygen atoms in total. The Hall–Kier alpha value is -2.51. The third-order valence-electron chi connectivity index (χ3n) is 4.60. The number of alkyl halides is 3. The van der Waals surface area contributed by atoms with Gasteiger partial charge in [0.05, 0.1) is 17.1 Å². The minimum absolute atomic E-state index is 0.456. The molecule has 0 bridgehead atoms. The number of benzene rings is 1. The monoisotopic (exact) mass is 404 g/mol. The molecule has 0 atom stereocenters. The van der Waals surface area contributed by atoms with Gasteiger partial charge in [0.15, 0.2) is 0 Å². The number of rotatable bonds is 3. The van der Waals surface area contributed by atoms with Gasteiger partial charge in [-0.3, -0.25) is 9.88 Å². The normalized spacial score (nSPS) is 14.7. The van der Waals surface area contributed by atoms with Gasteiger partial charge in [0.2, 0.25) is 5.82 Å². The van der Waals surface area contributed by atoms with Crippen LogP contribution in [-0.4, -0.2) is 26.4 Å². The van der Waals surface area contributed by atoms with Gasteiger partial charge < -0.3 is 0 Å². The van der Waals surface area contributed by atoms with E-state index in [0.717, 1.165) is 22.5 Å². The number of halogens is 4. The average molecular weight is 405 g/mol. The highest BCUT2D eigenvalue weighted by Crippen LogP contribution is 2.28. The summed E-state index contributed by atoms with van der Waals surface area (Å²) < 4.78 is 38.3. The van der Waals surface area contributed by atoms with E-state index >= 15 is 0 Å². The number of fused-ring (bicyclic) bond motifs is 1. The Morgan fingerprint density at radius 2 is 1.82 bits per heavy atom.